The molecule has 7 nitrogen and oxygen atoms in total. The first kappa shape index (κ1) is 24.4. The highest BCUT2D eigenvalue weighted by molar-refractivity contribution is 6.30. The SMILES string of the molecule is CCn1cc(/C=C2\Oc3c(ccc(OCc4cc(Cl)cc5c4OCOC5)c3C)C2=O)c2cc(OC)ccc21. The lowest BCUT2D eigenvalue weighted by Gasteiger charge is -2.21. The first-order valence-corrected chi connectivity index (χ1v) is 12.7. The normalized spacial score (nSPS) is 15.3. The topological polar surface area (TPSA) is 68.2 Å². The number of rotatable bonds is 6. The summed E-state index contributed by atoms with van der Waals surface area (Å²) in [5, 5.41) is 1.58. The molecule has 0 atom stereocenters. The molecule has 0 amide bonds. The zero-order valence-electron chi connectivity index (χ0n) is 21.3. The molecule has 38 heavy (non-hydrogen) atoms. The van der Waals surface area contributed by atoms with Crippen LogP contribution in [0, 0.1) is 6.92 Å². The van der Waals surface area contributed by atoms with Crippen LogP contribution in [0.1, 0.15) is 39.5 Å². The Labute approximate surface area is 225 Å². The predicted molar refractivity (Wildman–Crippen MR) is 144 cm³/mol. The van der Waals surface area contributed by atoms with Gasteiger partial charge in [-0.15, -0.1) is 0 Å². The van der Waals surface area contributed by atoms with Gasteiger partial charge in [-0.1, -0.05) is 11.6 Å². The third kappa shape index (κ3) is 4.18. The fourth-order valence-electron chi connectivity index (χ4n) is 4.99. The van der Waals surface area contributed by atoms with Gasteiger partial charge in [0.25, 0.3) is 0 Å². The summed E-state index contributed by atoms with van der Waals surface area (Å²) in [5.41, 5.74) is 4.93. The standard InChI is InChI=1S/C30H26ClNO6/c1-4-32-13-18(24-12-22(34-3)5-7-25(24)32)11-27-28(33)23-6-8-26(17(2)29(23)38-27)36-15-20-10-21(31)9-19-14-35-16-37-30(19)20/h5-13H,4,14-16H2,1-3H3/b27-11-. The number of fused-ring (bicyclic) bond motifs is 3. The van der Waals surface area contributed by atoms with Crippen molar-refractivity contribution >= 4 is 34.4 Å². The molecule has 0 radical (unpaired) electrons. The summed E-state index contributed by atoms with van der Waals surface area (Å²) in [6, 6.07) is 13.1. The monoisotopic (exact) mass is 531 g/mol. The van der Waals surface area contributed by atoms with Crippen LogP contribution in [0.25, 0.3) is 17.0 Å². The zero-order chi connectivity index (χ0) is 26.4. The van der Waals surface area contributed by atoms with E-state index in [1.54, 1.807) is 25.3 Å². The van der Waals surface area contributed by atoms with Crippen molar-refractivity contribution < 1.29 is 28.5 Å². The summed E-state index contributed by atoms with van der Waals surface area (Å²) in [5.74, 6) is 2.73. The van der Waals surface area contributed by atoms with Crippen molar-refractivity contribution in [1.82, 2.24) is 4.57 Å². The number of methoxy groups -OCH3 is 1. The lowest BCUT2D eigenvalue weighted by Crippen LogP contribution is -2.14. The minimum atomic E-state index is -0.160. The van der Waals surface area contributed by atoms with Crippen molar-refractivity contribution in [3.8, 4) is 23.0 Å². The highest BCUT2D eigenvalue weighted by atomic mass is 35.5. The largest absolute Gasteiger partial charge is 0.497 e. The summed E-state index contributed by atoms with van der Waals surface area (Å²) in [6.45, 7) is 5.64. The van der Waals surface area contributed by atoms with Crippen molar-refractivity contribution in [2.24, 2.45) is 0 Å². The van der Waals surface area contributed by atoms with Gasteiger partial charge < -0.3 is 28.3 Å². The Kier molecular flexibility index (Phi) is 6.26. The molecule has 8 heteroatoms. The molecule has 0 saturated carbocycles. The molecule has 3 heterocycles. The number of aromatic nitrogens is 1. The summed E-state index contributed by atoms with van der Waals surface area (Å²) in [6.07, 6.45) is 3.82. The molecule has 2 aliphatic rings. The van der Waals surface area contributed by atoms with Gasteiger partial charge in [-0.05, 0) is 62.4 Å². The molecule has 2 aliphatic heterocycles. The van der Waals surface area contributed by atoms with Crippen molar-refractivity contribution in [3.63, 3.8) is 0 Å². The van der Waals surface area contributed by atoms with Gasteiger partial charge >= 0.3 is 0 Å². The molecule has 194 valence electrons. The van der Waals surface area contributed by atoms with E-state index in [1.807, 2.05) is 43.5 Å². The number of ether oxygens (including phenoxy) is 5. The minimum absolute atomic E-state index is 0.160. The van der Waals surface area contributed by atoms with Crippen LogP contribution in [0.15, 0.2) is 54.4 Å². The number of carbonyl (C=O) groups is 1. The number of ketones is 1. The number of nitrogens with zero attached hydrogens (tertiary/aromatic N) is 1. The maximum Gasteiger partial charge on any atom is 0.231 e. The summed E-state index contributed by atoms with van der Waals surface area (Å²) < 4.78 is 30.9. The van der Waals surface area contributed by atoms with Gasteiger partial charge in [-0.2, -0.15) is 0 Å². The van der Waals surface area contributed by atoms with Crippen LogP contribution in [0.2, 0.25) is 5.02 Å². The molecule has 4 aromatic rings. The van der Waals surface area contributed by atoms with Crippen molar-refractivity contribution in [1.29, 1.82) is 0 Å². The molecule has 0 fully saturated rings. The van der Waals surface area contributed by atoms with Crippen molar-refractivity contribution in [2.75, 3.05) is 13.9 Å². The van der Waals surface area contributed by atoms with E-state index in [-0.39, 0.29) is 24.9 Å². The molecule has 0 spiro atoms. The van der Waals surface area contributed by atoms with E-state index in [2.05, 4.69) is 11.5 Å². The number of hydrogen-bond donors (Lipinski definition) is 0. The maximum absolute atomic E-state index is 13.3. The summed E-state index contributed by atoms with van der Waals surface area (Å²) in [4.78, 5) is 13.3. The van der Waals surface area contributed by atoms with Gasteiger partial charge in [0.1, 0.15) is 29.6 Å². The molecule has 1 aromatic heterocycles. The lowest BCUT2D eigenvalue weighted by molar-refractivity contribution is -0.0175. The van der Waals surface area contributed by atoms with Crippen LogP contribution < -0.4 is 18.9 Å². The summed E-state index contributed by atoms with van der Waals surface area (Å²) in [7, 11) is 1.64. The van der Waals surface area contributed by atoms with E-state index in [1.165, 1.54) is 0 Å². The van der Waals surface area contributed by atoms with Gasteiger partial charge in [-0.25, -0.2) is 0 Å². The highest BCUT2D eigenvalue weighted by Crippen LogP contribution is 2.41. The van der Waals surface area contributed by atoms with E-state index in [9.17, 15) is 4.79 Å². The first-order valence-electron chi connectivity index (χ1n) is 12.4. The minimum Gasteiger partial charge on any atom is -0.497 e. The van der Waals surface area contributed by atoms with Crippen LogP contribution in [-0.2, 0) is 24.5 Å². The Bertz CT molecular complexity index is 1620. The molecule has 0 N–H and O–H groups in total. The van der Waals surface area contributed by atoms with Crippen LogP contribution in [0.3, 0.4) is 0 Å². The Morgan fingerprint density at radius 3 is 2.82 bits per heavy atom. The number of allylic oxidation sites excluding steroid dienone is 1. The van der Waals surface area contributed by atoms with Gasteiger partial charge in [0.2, 0.25) is 5.78 Å². The van der Waals surface area contributed by atoms with Gasteiger partial charge in [0.05, 0.1) is 19.3 Å². The smallest absolute Gasteiger partial charge is 0.231 e. The number of benzene rings is 3. The first-order chi connectivity index (χ1) is 18.5. The number of carbonyl (C=O) groups excluding carboxylic acids is 1. The third-order valence-corrected chi connectivity index (χ3v) is 7.14. The number of hydrogen-bond acceptors (Lipinski definition) is 6. The molecular weight excluding hydrogens is 506 g/mol. The lowest BCUT2D eigenvalue weighted by atomic mass is 10.1. The van der Waals surface area contributed by atoms with E-state index >= 15 is 0 Å². The quantitative estimate of drug-likeness (QED) is 0.258. The van der Waals surface area contributed by atoms with E-state index in [4.69, 9.17) is 35.3 Å². The zero-order valence-corrected chi connectivity index (χ0v) is 22.1. The van der Waals surface area contributed by atoms with Crippen molar-refractivity contribution in [2.45, 2.75) is 33.6 Å². The maximum atomic E-state index is 13.3. The fraction of sp³-hybridized carbons (Fsp3) is 0.233. The number of Topliss-reactive ketones (excluding diaryl/α,β-unsaturated/α-hetero) is 1. The highest BCUT2D eigenvalue weighted by Gasteiger charge is 2.30. The Morgan fingerprint density at radius 2 is 2.00 bits per heavy atom. The van der Waals surface area contributed by atoms with Crippen molar-refractivity contribution in [3.05, 3.63) is 87.3 Å². The molecule has 6 rings (SSSR count). The van der Waals surface area contributed by atoms with Gasteiger partial charge in [0.15, 0.2) is 12.6 Å². The van der Waals surface area contributed by atoms with E-state index < -0.39 is 0 Å². The Balaban J connectivity index is 1.29. The number of halogens is 1. The fourth-order valence-corrected chi connectivity index (χ4v) is 5.26. The second kappa shape index (κ2) is 9.74. The molecule has 0 bridgehead atoms. The second-order valence-electron chi connectivity index (χ2n) is 9.21. The van der Waals surface area contributed by atoms with Crippen LogP contribution in [0.5, 0.6) is 23.0 Å². The van der Waals surface area contributed by atoms with E-state index in [0.29, 0.717) is 28.7 Å². The average molecular weight is 532 g/mol. The molecule has 0 aliphatic carbocycles. The number of aryl methyl sites for hydroxylation is 1. The Hall–Kier alpha value is -3.94. The second-order valence-corrected chi connectivity index (χ2v) is 9.65. The van der Waals surface area contributed by atoms with Crippen LogP contribution in [-0.4, -0.2) is 24.3 Å². The average Bonchev–Trinajstić information content (AvgIpc) is 3.45. The molecule has 3 aromatic carbocycles. The summed E-state index contributed by atoms with van der Waals surface area (Å²) >= 11 is 6.30. The van der Waals surface area contributed by atoms with Crippen LogP contribution in [0.4, 0.5) is 0 Å². The molecule has 0 unspecified atom stereocenters. The van der Waals surface area contributed by atoms with Gasteiger partial charge in [0, 0.05) is 50.9 Å². The molecular formula is C30H26ClNO6. The van der Waals surface area contributed by atoms with Gasteiger partial charge in [-0.3, -0.25) is 4.79 Å². The third-order valence-electron chi connectivity index (χ3n) is 6.92. The Morgan fingerprint density at radius 1 is 1.13 bits per heavy atom. The molecule has 0 saturated heterocycles. The van der Waals surface area contributed by atoms with E-state index in [0.717, 1.165) is 51.2 Å². The van der Waals surface area contributed by atoms with Crippen LogP contribution >= 0.6 is 11.6 Å². The predicted octanol–water partition coefficient (Wildman–Crippen LogP) is 6.69.